The third kappa shape index (κ3) is 8.05. The van der Waals surface area contributed by atoms with Gasteiger partial charge in [-0.3, -0.25) is 0 Å². The van der Waals surface area contributed by atoms with E-state index in [0.717, 1.165) is 60.3 Å². The topological polar surface area (TPSA) is 81.6 Å². The number of benzene rings is 2. The van der Waals surface area contributed by atoms with Crippen LogP contribution in [-0.2, 0) is 0 Å². The lowest BCUT2D eigenvalue weighted by atomic mass is 9.92. The first-order valence-electron chi connectivity index (χ1n) is 16.8. The summed E-state index contributed by atoms with van der Waals surface area (Å²) in [7, 11) is 0. The predicted molar refractivity (Wildman–Crippen MR) is 186 cm³/mol. The van der Waals surface area contributed by atoms with E-state index < -0.39 is 0 Å². The van der Waals surface area contributed by atoms with Crippen molar-refractivity contribution in [2.75, 3.05) is 13.2 Å². The molecule has 46 heavy (non-hydrogen) atoms. The predicted octanol–water partition coefficient (Wildman–Crippen LogP) is 9.94. The minimum Gasteiger partial charge on any atom is -0.493 e. The molecule has 6 heteroatoms. The van der Waals surface area contributed by atoms with E-state index in [4.69, 9.17) is 9.47 Å². The molecule has 6 rings (SSSR count). The normalized spacial score (nSPS) is 11.4. The third-order valence-corrected chi connectivity index (χ3v) is 8.75. The number of aromatic amines is 4. The van der Waals surface area contributed by atoms with Crippen LogP contribution in [0.25, 0.3) is 0 Å². The van der Waals surface area contributed by atoms with Crippen LogP contribution in [0.2, 0.25) is 0 Å². The monoisotopic (exact) mass is 614 g/mol. The SMILES string of the molecule is c1c[nH]c(C(c2ccc[nH]2)c2ccccc2OCCCCCCCCCCOc2ccccc2C(c2ccc[nH]2)c2ccc[nH]2)c1. The average Bonchev–Trinajstić information content (AvgIpc) is 3.93. The molecule has 6 nitrogen and oxygen atoms in total. The van der Waals surface area contributed by atoms with Gasteiger partial charge in [0.2, 0.25) is 0 Å². The molecule has 0 aliphatic rings. The van der Waals surface area contributed by atoms with Crippen LogP contribution < -0.4 is 9.47 Å². The molecule has 4 N–H and O–H groups in total. The highest BCUT2D eigenvalue weighted by atomic mass is 16.5. The number of H-pyrrole nitrogens is 4. The Kier molecular flexibility index (Phi) is 11.2. The summed E-state index contributed by atoms with van der Waals surface area (Å²) in [5, 5.41) is 0. The lowest BCUT2D eigenvalue weighted by Gasteiger charge is -2.19. The first-order chi connectivity index (χ1) is 22.9. The van der Waals surface area contributed by atoms with Crippen molar-refractivity contribution in [1.82, 2.24) is 19.9 Å². The lowest BCUT2D eigenvalue weighted by Crippen LogP contribution is -2.08. The molecule has 0 bridgehead atoms. The second-order valence-electron chi connectivity index (χ2n) is 12.0. The molecule has 0 atom stereocenters. The molecular weight excluding hydrogens is 568 g/mol. The van der Waals surface area contributed by atoms with E-state index in [-0.39, 0.29) is 11.8 Å². The minimum absolute atomic E-state index is 0.0899. The molecule has 0 spiro atoms. The Morgan fingerprint density at radius 3 is 1.02 bits per heavy atom. The van der Waals surface area contributed by atoms with Gasteiger partial charge in [0.25, 0.3) is 0 Å². The van der Waals surface area contributed by atoms with Crippen LogP contribution in [0.5, 0.6) is 11.5 Å². The minimum atomic E-state index is 0.0899. The molecule has 0 fully saturated rings. The van der Waals surface area contributed by atoms with E-state index in [9.17, 15) is 0 Å². The summed E-state index contributed by atoms with van der Waals surface area (Å²) in [4.78, 5) is 13.6. The van der Waals surface area contributed by atoms with E-state index in [1.165, 1.54) is 49.7 Å². The van der Waals surface area contributed by atoms with E-state index in [2.05, 4.69) is 117 Å². The second kappa shape index (κ2) is 16.5. The summed E-state index contributed by atoms with van der Waals surface area (Å²) in [5.41, 5.74) is 6.99. The summed E-state index contributed by atoms with van der Waals surface area (Å²) in [6, 6.07) is 33.6. The van der Waals surface area contributed by atoms with Gasteiger partial charge in [-0.2, -0.15) is 0 Å². The molecular formula is C40H46N4O2. The number of hydrogen-bond acceptors (Lipinski definition) is 2. The fourth-order valence-corrected chi connectivity index (χ4v) is 6.43. The first-order valence-corrected chi connectivity index (χ1v) is 16.8. The maximum atomic E-state index is 6.34. The Morgan fingerprint density at radius 1 is 0.370 bits per heavy atom. The Hall–Kier alpha value is -4.84. The number of unbranched alkanes of at least 4 members (excludes halogenated alkanes) is 7. The number of hydrogen-bond donors (Lipinski definition) is 4. The number of ether oxygens (including phenoxy) is 2. The summed E-state index contributed by atoms with van der Waals surface area (Å²) in [6.45, 7) is 1.49. The Balaban J connectivity index is 0.878. The zero-order valence-corrected chi connectivity index (χ0v) is 26.6. The van der Waals surface area contributed by atoms with Crippen LogP contribution in [0.1, 0.15) is 97.1 Å². The average molecular weight is 615 g/mol. The van der Waals surface area contributed by atoms with Crippen molar-refractivity contribution < 1.29 is 9.47 Å². The Labute approximate surface area is 272 Å². The molecule has 4 heterocycles. The molecule has 238 valence electrons. The molecule has 0 aliphatic heterocycles. The van der Waals surface area contributed by atoms with Crippen LogP contribution in [0.3, 0.4) is 0 Å². The molecule has 0 aliphatic carbocycles. The maximum Gasteiger partial charge on any atom is 0.123 e. The summed E-state index contributed by atoms with van der Waals surface area (Å²) in [5.74, 6) is 2.11. The molecule has 0 amide bonds. The quantitative estimate of drug-likeness (QED) is 0.0685. The second-order valence-corrected chi connectivity index (χ2v) is 12.0. The number of aromatic nitrogens is 4. The highest BCUT2D eigenvalue weighted by Gasteiger charge is 2.23. The van der Waals surface area contributed by atoms with Crippen LogP contribution in [-0.4, -0.2) is 33.1 Å². The largest absolute Gasteiger partial charge is 0.493 e. The van der Waals surface area contributed by atoms with Gasteiger partial charge in [0.15, 0.2) is 0 Å². The van der Waals surface area contributed by atoms with Gasteiger partial charge >= 0.3 is 0 Å². The van der Waals surface area contributed by atoms with Crippen LogP contribution >= 0.6 is 0 Å². The molecule has 0 radical (unpaired) electrons. The fourth-order valence-electron chi connectivity index (χ4n) is 6.43. The molecule has 0 unspecified atom stereocenters. The Morgan fingerprint density at radius 2 is 0.696 bits per heavy atom. The van der Waals surface area contributed by atoms with Gasteiger partial charge in [-0.15, -0.1) is 0 Å². The van der Waals surface area contributed by atoms with Crippen molar-refractivity contribution in [3.8, 4) is 11.5 Å². The van der Waals surface area contributed by atoms with Crippen molar-refractivity contribution in [2.24, 2.45) is 0 Å². The zero-order valence-electron chi connectivity index (χ0n) is 26.6. The fraction of sp³-hybridized carbons (Fsp3) is 0.300. The highest BCUT2D eigenvalue weighted by molar-refractivity contribution is 5.47. The lowest BCUT2D eigenvalue weighted by molar-refractivity contribution is 0.298. The first kappa shape index (κ1) is 31.2. The van der Waals surface area contributed by atoms with Gasteiger partial charge in [0.1, 0.15) is 11.5 Å². The van der Waals surface area contributed by atoms with E-state index in [1.54, 1.807) is 0 Å². The van der Waals surface area contributed by atoms with Crippen LogP contribution in [0.15, 0.2) is 122 Å². The van der Waals surface area contributed by atoms with Crippen molar-refractivity contribution in [3.05, 3.63) is 156 Å². The zero-order chi connectivity index (χ0) is 31.2. The van der Waals surface area contributed by atoms with Crippen LogP contribution in [0.4, 0.5) is 0 Å². The standard InChI is InChI=1S/C40H46N4O2/c1(3-5-11-29-45-37-23-9-7-17-31(37)39(33-19-13-25-41-33)34-20-14-26-42-34)2-4-6-12-30-46-38-24-10-8-18-32(38)40(35-21-15-27-43-35)36-22-16-28-44-36/h7-10,13-28,39-44H,1-6,11-12,29-30H2. The maximum absolute atomic E-state index is 6.34. The van der Waals surface area contributed by atoms with Gasteiger partial charge in [0.05, 0.1) is 25.0 Å². The van der Waals surface area contributed by atoms with Crippen molar-refractivity contribution in [3.63, 3.8) is 0 Å². The van der Waals surface area contributed by atoms with Gasteiger partial charge in [-0.05, 0) is 73.5 Å². The Bertz CT molecular complexity index is 1460. The number of nitrogens with one attached hydrogen (secondary N) is 4. The van der Waals surface area contributed by atoms with E-state index >= 15 is 0 Å². The van der Waals surface area contributed by atoms with Gasteiger partial charge in [-0.25, -0.2) is 0 Å². The molecule has 0 saturated heterocycles. The molecule has 0 saturated carbocycles. The van der Waals surface area contributed by atoms with E-state index in [1.807, 2.05) is 24.8 Å². The number of rotatable bonds is 19. The van der Waals surface area contributed by atoms with Gasteiger partial charge in [0, 0.05) is 58.7 Å². The summed E-state index contributed by atoms with van der Waals surface area (Å²) >= 11 is 0. The smallest absolute Gasteiger partial charge is 0.123 e. The third-order valence-electron chi connectivity index (χ3n) is 8.75. The van der Waals surface area contributed by atoms with Crippen molar-refractivity contribution in [1.29, 1.82) is 0 Å². The molecule has 6 aromatic rings. The van der Waals surface area contributed by atoms with Crippen LogP contribution in [0, 0.1) is 0 Å². The van der Waals surface area contributed by atoms with E-state index in [0.29, 0.717) is 0 Å². The van der Waals surface area contributed by atoms with Crippen molar-refractivity contribution in [2.45, 2.75) is 63.2 Å². The van der Waals surface area contributed by atoms with Gasteiger partial charge in [-0.1, -0.05) is 74.9 Å². The summed E-state index contributed by atoms with van der Waals surface area (Å²) < 4.78 is 12.7. The molecule has 4 aromatic heterocycles. The number of para-hydroxylation sites is 2. The van der Waals surface area contributed by atoms with Crippen molar-refractivity contribution >= 4 is 0 Å². The highest BCUT2D eigenvalue weighted by Crippen LogP contribution is 2.37. The van der Waals surface area contributed by atoms with Gasteiger partial charge < -0.3 is 29.4 Å². The summed E-state index contributed by atoms with van der Waals surface area (Å²) in [6.07, 6.45) is 17.5. The molecule has 2 aromatic carbocycles.